The molecule has 5 atom stereocenters. The van der Waals surface area contributed by atoms with E-state index >= 15 is 0 Å². The van der Waals surface area contributed by atoms with E-state index in [-0.39, 0.29) is 12.5 Å². The summed E-state index contributed by atoms with van der Waals surface area (Å²) in [5.74, 6) is -0.273. The van der Waals surface area contributed by atoms with Crippen LogP contribution in [-0.4, -0.2) is 38.6 Å². The second kappa shape index (κ2) is 3.77. The largest absolute Gasteiger partial charge is 0.396 e. The van der Waals surface area contributed by atoms with Crippen LogP contribution in [0.3, 0.4) is 0 Å². The number of nitrogens with zero attached hydrogens (tertiary/aromatic N) is 1. The van der Waals surface area contributed by atoms with Crippen LogP contribution in [-0.2, 0) is 0 Å². The topological polar surface area (TPSA) is 95.3 Å². The maximum atomic E-state index is 14.2. The highest BCUT2D eigenvalue weighted by molar-refractivity contribution is 5.21. The zero-order chi connectivity index (χ0) is 13.9. The predicted octanol–water partition coefficient (Wildman–Crippen LogP) is -0.903. The Morgan fingerprint density at radius 3 is 2.84 bits per heavy atom. The van der Waals surface area contributed by atoms with Crippen molar-refractivity contribution in [3.63, 3.8) is 0 Å². The summed E-state index contributed by atoms with van der Waals surface area (Å²) >= 11 is 0. The van der Waals surface area contributed by atoms with Gasteiger partial charge in [0.15, 0.2) is 0 Å². The lowest BCUT2D eigenvalue weighted by Gasteiger charge is -2.21. The number of aliphatic hydroxyl groups excluding tert-OH is 2. The van der Waals surface area contributed by atoms with Crippen LogP contribution in [0.15, 0.2) is 15.8 Å². The Hall–Kier alpha value is -1.47. The van der Waals surface area contributed by atoms with E-state index in [1.165, 1.54) is 13.1 Å². The van der Waals surface area contributed by atoms with Crippen molar-refractivity contribution in [3.8, 4) is 0 Å². The van der Waals surface area contributed by atoms with Gasteiger partial charge in [-0.05, 0) is 19.3 Å². The number of aromatic amines is 1. The van der Waals surface area contributed by atoms with Gasteiger partial charge >= 0.3 is 5.69 Å². The van der Waals surface area contributed by atoms with Crippen molar-refractivity contribution in [3.05, 3.63) is 32.6 Å². The molecule has 2 fully saturated rings. The van der Waals surface area contributed by atoms with Gasteiger partial charge in [0.05, 0.1) is 18.8 Å². The smallest absolute Gasteiger partial charge is 0.328 e. The van der Waals surface area contributed by atoms with Gasteiger partial charge < -0.3 is 10.2 Å². The summed E-state index contributed by atoms with van der Waals surface area (Å²) in [6, 6.07) is -0.829. The molecule has 0 bridgehead atoms. The van der Waals surface area contributed by atoms with Crippen molar-refractivity contribution in [2.75, 3.05) is 6.61 Å². The molecule has 0 amide bonds. The first-order valence-electron chi connectivity index (χ1n) is 6.17. The second-order valence-electron chi connectivity index (χ2n) is 5.56. The molecule has 0 aliphatic heterocycles. The number of hydrogen-bond acceptors (Lipinski definition) is 4. The van der Waals surface area contributed by atoms with Crippen LogP contribution in [0, 0.1) is 18.3 Å². The molecule has 1 aromatic heterocycles. The molecule has 0 unspecified atom stereocenters. The van der Waals surface area contributed by atoms with Gasteiger partial charge in [-0.2, -0.15) is 0 Å². The Morgan fingerprint density at radius 1 is 1.58 bits per heavy atom. The summed E-state index contributed by atoms with van der Waals surface area (Å²) in [4.78, 5) is 25.2. The summed E-state index contributed by atoms with van der Waals surface area (Å²) in [5.41, 5.74) is -1.70. The minimum Gasteiger partial charge on any atom is -0.396 e. The highest BCUT2D eigenvalue weighted by Crippen LogP contribution is 2.67. The van der Waals surface area contributed by atoms with Crippen LogP contribution in [0.1, 0.15) is 18.0 Å². The van der Waals surface area contributed by atoms with Crippen LogP contribution in [0.4, 0.5) is 4.39 Å². The van der Waals surface area contributed by atoms with Crippen LogP contribution in [0.5, 0.6) is 0 Å². The van der Waals surface area contributed by atoms with E-state index in [4.69, 9.17) is 0 Å². The van der Waals surface area contributed by atoms with Crippen molar-refractivity contribution in [2.24, 2.45) is 11.3 Å². The standard InChI is InChI=1S/C12H15FN2O4/c1-5-3-15(11(19)14-10(5)18)8-6-2-12(6,4-16)9(17)7(8)13/h3,6-9,16-17H,2,4H2,1H3,(H,14,18,19)/t6-,7-,8-,9+,12+/m1/s1. The Morgan fingerprint density at radius 2 is 2.26 bits per heavy atom. The number of H-pyrrole nitrogens is 1. The molecule has 2 saturated carbocycles. The van der Waals surface area contributed by atoms with Gasteiger partial charge in [-0.25, -0.2) is 9.18 Å². The minimum atomic E-state index is -1.62. The molecule has 3 N–H and O–H groups in total. The van der Waals surface area contributed by atoms with Crippen molar-refractivity contribution in [2.45, 2.75) is 31.7 Å². The van der Waals surface area contributed by atoms with Crippen molar-refractivity contribution >= 4 is 0 Å². The van der Waals surface area contributed by atoms with Crippen LogP contribution in [0.25, 0.3) is 0 Å². The molecule has 0 spiro atoms. The molecular weight excluding hydrogens is 255 g/mol. The van der Waals surface area contributed by atoms with E-state index in [1.807, 2.05) is 0 Å². The fourth-order valence-corrected chi connectivity index (χ4v) is 3.31. The minimum absolute atomic E-state index is 0.273. The van der Waals surface area contributed by atoms with E-state index < -0.39 is 35.0 Å². The maximum Gasteiger partial charge on any atom is 0.328 e. The molecule has 2 aliphatic rings. The first-order valence-corrected chi connectivity index (χ1v) is 6.17. The fourth-order valence-electron chi connectivity index (χ4n) is 3.31. The number of rotatable bonds is 2. The molecule has 7 heteroatoms. The quantitative estimate of drug-likeness (QED) is 0.649. The average molecular weight is 270 g/mol. The molecule has 19 heavy (non-hydrogen) atoms. The van der Waals surface area contributed by atoms with Gasteiger partial charge in [0, 0.05) is 17.2 Å². The second-order valence-corrected chi connectivity index (χ2v) is 5.56. The Balaban J connectivity index is 2.07. The van der Waals surface area contributed by atoms with E-state index in [2.05, 4.69) is 4.98 Å². The molecule has 1 aromatic rings. The monoisotopic (exact) mass is 270 g/mol. The van der Waals surface area contributed by atoms with Crippen LogP contribution >= 0.6 is 0 Å². The van der Waals surface area contributed by atoms with E-state index in [0.717, 1.165) is 4.57 Å². The summed E-state index contributed by atoms with van der Waals surface area (Å²) in [6.07, 6.45) is -1.09. The third kappa shape index (κ3) is 1.48. The van der Waals surface area contributed by atoms with Crippen molar-refractivity contribution in [1.82, 2.24) is 9.55 Å². The summed E-state index contributed by atoms with van der Waals surface area (Å²) in [7, 11) is 0. The molecule has 1 heterocycles. The molecule has 2 aliphatic carbocycles. The van der Waals surface area contributed by atoms with Gasteiger partial charge in [-0.3, -0.25) is 14.3 Å². The Kier molecular flexibility index (Phi) is 2.49. The molecule has 0 aromatic carbocycles. The number of aromatic nitrogens is 2. The van der Waals surface area contributed by atoms with E-state index in [0.29, 0.717) is 12.0 Å². The molecule has 0 saturated heterocycles. The molecule has 6 nitrogen and oxygen atoms in total. The third-order valence-corrected chi connectivity index (χ3v) is 4.57. The van der Waals surface area contributed by atoms with Gasteiger partial charge in [-0.1, -0.05) is 0 Å². The summed E-state index contributed by atoms with van der Waals surface area (Å²) in [6.45, 7) is 1.23. The van der Waals surface area contributed by atoms with Gasteiger partial charge in [0.2, 0.25) is 0 Å². The Labute approximate surface area is 107 Å². The molecule has 104 valence electrons. The molecular formula is C12H15FN2O4. The van der Waals surface area contributed by atoms with Crippen LogP contribution in [0.2, 0.25) is 0 Å². The van der Waals surface area contributed by atoms with Crippen molar-refractivity contribution in [1.29, 1.82) is 0 Å². The number of halogens is 1. The SMILES string of the molecule is Cc1cn([C@H]2[C@@H](F)[C@H](O)[C@]3(CO)C[C@H]23)c(=O)[nH]c1=O. The summed E-state index contributed by atoms with van der Waals surface area (Å²) < 4.78 is 15.3. The molecule has 3 rings (SSSR count). The maximum absolute atomic E-state index is 14.2. The van der Waals surface area contributed by atoms with Gasteiger partial charge in [0.1, 0.15) is 6.17 Å². The van der Waals surface area contributed by atoms with Gasteiger partial charge in [-0.15, -0.1) is 0 Å². The summed E-state index contributed by atoms with van der Waals surface area (Å²) in [5, 5.41) is 19.2. The average Bonchev–Trinajstić information content (AvgIpc) is 3.05. The molecule has 0 radical (unpaired) electrons. The number of hydrogen-bond donors (Lipinski definition) is 3. The highest BCUT2D eigenvalue weighted by Gasteiger charge is 2.72. The van der Waals surface area contributed by atoms with Gasteiger partial charge in [0.25, 0.3) is 5.56 Å². The predicted molar refractivity (Wildman–Crippen MR) is 63.6 cm³/mol. The first-order chi connectivity index (χ1) is 8.92. The third-order valence-electron chi connectivity index (χ3n) is 4.57. The zero-order valence-electron chi connectivity index (χ0n) is 10.3. The first kappa shape index (κ1) is 12.6. The lowest BCUT2D eigenvalue weighted by molar-refractivity contribution is 0.00889. The lowest BCUT2D eigenvalue weighted by Crippen LogP contribution is -2.38. The number of alkyl halides is 1. The number of aliphatic hydroxyl groups is 2. The zero-order valence-corrected chi connectivity index (χ0v) is 10.3. The highest BCUT2D eigenvalue weighted by atomic mass is 19.1. The normalized spacial score (nSPS) is 40.2. The lowest BCUT2D eigenvalue weighted by atomic mass is 10.0. The number of aryl methyl sites for hydroxylation is 1. The van der Waals surface area contributed by atoms with Crippen molar-refractivity contribution < 1.29 is 14.6 Å². The van der Waals surface area contributed by atoms with Crippen LogP contribution < -0.4 is 11.2 Å². The Bertz CT molecular complexity index is 639. The number of fused-ring (bicyclic) bond motifs is 1. The fraction of sp³-hybridized carbons (Fsp3) is 0.667. The number of nitrogens with one attached hydrogen (secondary N) is 1. The van der Waals surface area contributed by atoms with E-state index in [9.17, 15) is 24.2 Å². The van der Waals surface area contributed by atoms with E-state index in [1.54, 1.807) is 0 Å².